The number of halogens is 1. The van der Waals surface area contributed by atoms with E-state index < -0.39 is 10.0 Å². The van der Waals surface area contributed by atoms with E-state index in [9.17, 15) is 8.42 Å². The third kappa shape index (κ3) is 6.12. The molecule has 158 valence electrons. The molecule has 3 rings (SSSR count). The van der Waals surface area contributed by atoms with E-state index in [2.05, 4.69) is 46.5 Å². The minimum atomic E-state index is -3.73. The lowest BCUT2D eigenvalue weighted by Crippen LogP contribution is -2.29. The van der Waals surface area contributed by atoms with Crippen molar-refractivity contribution in [3.63, 3.8) is 0 Å². The lowest BCUT2D eigenvalue weighted by atomic mass is 10.3. The maximum atomic E-state index is 12.6. The Morgan fingerprint density at radius 2 is 1.73 bits per heavy atom. The molecule has 0 amide bonds. The van der Waals surface area contributed by atoms with Gasteiger partial charge in [0, 0.05) is 35.6 Å². The average Bonchev–Trinajstić information content (AvgIpc) is 2.74. The first-order chi connectivity index (χ1) is 14.5. The van der Waals surface area contributed by atoms with Crippen molar-refractivity contribution in [1.82, 2.24) is 19.9 Å². The molecule has 0 unspecified atom stereocenters. The molecule has 0 spiro atoms. The van der Waals surface area contributed by atoms with Crippen molar-refractivity contribution in [1.29, 1.82) is 0 Å². The summed E-state index contributed by atoms with van der Waals surface area (Å²) < 4.78 is 33.9. The number of benzene rings is 1. The van der Waals surface area contributed by atoms with Crippen LogP contribution in [0.25, 0.3) is 0 Å². The summed E-state index contributed by atoms with van der Waals surface area (Å²) in [7, 11) is -3.73. The van der Waals surface area contributed by atoms with E-state index in [1.807, 2.05) is 12.1 Å². The highest BCUT2D eigenvalue weighted by Gasteiger charge is 2.19. The molecule has 0 atom stereocenters. The maximum Gasteiger partial charge on any atom is 0.244 e. The number of aromatic nitrogens is 3. The van der Waals surface area contributed by atoms with Crippen molar-refractivity contribution in [2.75, 3.05) is 30.3 Å². The molecule has 0 aliphatic heterocycles. The van der Waals surface area contributed by atoms with Crippen LogP contribution in [0.3, 0.4) is 0 Å². The van der Waals surface area contributed by atoms with Gasteiger partial charge in [-0.1, -0.05) is 15.9 Å². The van der Waals surface area contributed by atoms with E-state index in [-0.39, 0.29) is 11.4 Å². The van der Waals surface area contributed by atoms with Crippen LogP contribution in [0.2, 0.25) is 0 Å². The normalized spacial score (nSPS) is 11.1. The smallest absolute Gasteiger partial charge is 0.244 e. The van der Waals surface area contributed by atoms with Crippen LogP contribution in [0, 0.1) is 0 Å². The summed E-state index contributed by atoms with van der Waals surface area (Å²) in [5.41, 5.74) is 0.855. The maximum absolute atomic E-state index is 12.6. The lowest BCUT2D eigenvalue weighted by Gasteiger charge is -2.13. The van der Waals surface area contributed by atoms with Crippen LogP contribution in [0.4, 0.5) is 17.3 Å². The largest absolute Gasteiger partial charge is 0.492 e. The Balaban J connectivity index is 1.52. The predicted octanol–water partition coefficient (Wildman–Crippen LogP) is 3.17. The standard InChI is InChI=1S/C19H21BrN6O3S/c1-2-29-16-4-3-14(20)13-17(16)30(27,28)23-12-11-22-18-5-6-19(26-25-18)24-15-7-9-21-10-8-15/h3-10,13,23H,2,11-12H2,1H3,(H,22,25)(H,21,24,26). The quantitative estimate of drug-likeness (QED) is 0.369. The first-order valence-corrected chi connectivity index (χ1v) is 11.4. The molecular formula is C19H21BrN6O3S. The van der Waals surface area contributed by atoms with Gasteiger partial charge in [-0.25, -0.2) is 13.1 Å². The van der Waals surface area contributed by atoms with Gasteiger partial charge in [-0.15, -0.1) is 10.2 Å². The summed E-state index contributed by atoms with van der Waals surface area (Å²) in [6.45, 7) is 2.67. The number of nitrogens with one attached hydrogen (secondary N) is 3. The summed E-state index contributed by atoms with van der Waals surface area (Å²) in [5, 5.41) is 14.3. The molecule has 0 saturated carbocycles. The number of pyridine rings is 1. The monoisotopic (exact) mass is 492 g/mol. The molecule has 0 aliphatic rings. The Morgan fingerprint density at radius 1 is 1.00 bits per heavy atom. The van der Waals surface area contributed by atoms with Crippen LogP contribution < -0.4 is 20.1 Å². The summed E-state index contributed by atoms with van der Waals surface area (Å²) in [6, 6.07) is 12.0. The molecule has 0 fully saturated rings. The summed E-state index contributed by atoms with van der Waals surface area (Å²) in [5.74, 6) is 1.43. The molecule has 2 aromatic heterocycles. The summed E-state index contributed by atoms with van der Waals surface area (Å²) >= 11 is 3.30. The van der Waals surface area contributed by atoms with Crippen molar-refractivity contribution in [2.24, 2.45) is 0 Å². The second-order valence-corrected chi connectivity index (χ2v) is 8.66. The van der Waals surface area contributed by atoms with Crippen molar-refractivity contribution in [2.45, 2.75) is 11.8 Å². The zero-order valence-electron chi connectivity index (χ0n) is 16.2. The van der Waals surface area contributed by atoms with Crippen molar-refractivity contribution < 1.29 is 13.2 Å². The highest BCUT2D eigenvalue weighted by Crippen LogP contribution is 2.27. The number of ether oxygens (including phenoxy) is 1. The van der Waals surface area contributed by atoms with Crippen LogP contribution in [-0.2, 0) is 10.0 Å². The molecule has 3 N–H and O–H groups in total. The van der Waals surface area contributed by atoms with Gasteiger partial charge < -0.3 is 15.4 Å². The number of sulfonamides is 1. The molecule has 30 heavy (non-hydrogen) atoms. The van der Waals surface area contributed by atoms with Crippen molar-refractivity contribution in [3.05, 3.63) is 59.3 Å². The van der Waals surface area contributed by atoms with Crippen LogP contribution in [0.15, 0.2) is 64.2 Å². The fourth-order valence-corrected chi connectivity index (χ4v) is 4.21. The molecule has 9 nitrogen and oxygen atoms in total. The van der Waals surface area contributed by atoms with Crippen molar-refractivity contribution >= 4 is 43.3 Å². The molecule has 0 bridgehead atoms. The average molecular weight is 493 g/mol. The van der Waals surface area contributed by atoms with E-state index in [0.717, 1.165) is 5.69 Å². The Hall–Kier alpha value is -2.76. The highest BCUT2D eigenvalue weighted by molar-refractivity contribution is 9.10. The number of rotatable bonds is 10. The molecule has 0 saturated heterocycles. The molecule has 2 heterocycles. The van der Waals surface area contributed by atoms with Gasteiger partial charge in [-0.05, 0) is 49.4 Å². The van der Waals surface area contributed by atoms with Crippen LogP contribution in [0.5, 0.6) is 5.75 Å². The number of nitrogens with zero attached hydrogens (tertiary/aromatic N) is 3. The van der Waals surface area contributed by atoms with Crippen LogP contribution in [-0.4, -0.2) is 43.3 Å². The fourth-order valence-electron chi connectivity index (χ4n) is 2.50. The zero-order chi connectivity index (χ0) is 21.4. The van der Waals surface area contributed by atoms with Crippen LogP contribution >= 0.6 is 15.9 Å². The SMILES string of the molecule is CCOc1ccc(Br)cc1S(=O)(=O)NCCNc1ccc(Nc2ccncc2)nn1. The third-order valence-corrected chi connectivity index (χ3v) is 5.81. The summed E-state index contributed by atoms with van der Waals surface area (Å²) in [4.78, 5) is 4.04. The van der Waals surface area contributed by atoms with Gasteiger partial charge in [0.25, 0.3) is 0 Å². The van der Waals surface area contributed by atoms with E-state index in [0.29, 0.717) is 35.0 Å². The zero-order valence-corrected chi connectivity index (χ0v) is 18.6. The van der Waals surface area contributed by atoms with E-state index in [1.54, 1.807) is 43.6 Å². The number of hydrogen-bond acceptors (Lipinski definition) is 8. The first kappa shape index (κ1) is 21.9. The minimum absolute atomic E-state index is 0.0880. The van der Waals surface area contributed by atoms with Gasteiger partial charge in [-0.3, -0.25) is 4.98 Å². The molecule has 1 aromatic carbocycles. The van der Waals surface area contributed by atoms with Gasteiger partial charge in [-0.2, -0.15) is 0 Å². The second-order valence-electron chi connectivity index (χ2n) is 6.01. The van der Waals surface area contributed by atoms with Gasteiger partial charge in [0.1, 0.15) is 16.5 Å². The fraction of sp³-hybridized carbons (Fsp3) is 0.211. The van der Waals surface area contributed by atoms with E-state index in [1.165, 1.54) is 6.07 Å². The first-order valence-electron chi connectivity index (χ1n) is 9.14. The number of anilines is 3. The van der Waals surface area contributed by atoms with E-state index in [4.69, 9.17) is 4.74 Å². The minimum Gasteiger partial charge on any atom is -0.492 e. The number of hydrogen-bond donors (Lipinski definition) is 3. The predicted molar refractivity (Wildman–Crippen MR) is 119 cm³/mol. The van der Waals surface area contributed by atoms with E-state index >= 15 is 0 Å². The van der Waals surface area contributed by atoms with Gasteiger partial charge in [0.15, 0.2) is 5.82 Å². The third-order valence-electron chi connectivity index (χ3n) is 3.84. The van der Waals surface area contributed by atoms with Gasteiger partial charge >= 0.3 is 0 Å². The molecular weight excluding hydrogens is 472 g/mol. The summed E-state index contributed by atoms with van der Waals surface area (Å²) in [6.07, 6.45) is 3.36. The Morgan fingerprint density at radius 3 is 2.43 bits per heavy atom. The topological polar surface area (TPSA) is 118 Å². The molecule has 0 radical (unpaired) electrons. The molecule has 3 aromatic rings. The molecule has 11 heteroatoms. The Bertz CT molecular complexity index is 1070. The lowest BCUT2D eigenvalue weighted by molar-refractivity contribution is 0.331. The molecule has 0 aliphatic carbocycles. The second kappa shape index (κ2) is 10.3. The van der Waals surface area contributed by atoms with Crippen LogP contribution in [0.1, 0.15) is 6.92 Å². The van der Waals surface area contributed by atoms with Gasteiger partial charge in [0.05, 0.1) is 6.61 Å². The highest BCUT2D eigenvalue weighted by atomic mass is 79.9. The Kier molecular flexibility index (Phi) is 7.55. The Labute approximate surface area is 183 Å². The van der Waals surface area contributed by atoms with Crippen molar-refractivity contribution in [3.8, 4) is 5.75 Å². The van der Waals surface area contributed by atoms with Gasteiger partial charge in [0.2, 0.25) is 10.0 Å².